The maximum atomic E-state index is 11.6. The molecule has 0 atom stereocenters. The van der Waals surface area contributed by atoms with E-state index in [2.05, 4.69) is 6.92 Å². The van der Waals surface area contributed by atoms with Crippen molar-refractivity contribution in [2.24, 2.45) is 0 Å². The monoisotopic (exact) mass is 428 g/mol. The molecular weight excluding hydrogens is 399 g/mol. The van der Waals surface area contributed by atoms with E-state index in [1.807, 2.05) is 0 Å². The molecule has 0 aromatic heterocycles. The van der Waals surface area contributed by atoms with Crippen LogP contribution in [0, 0.1) is 0 Å². The van der Waals surface area contributed by atoms with Gasteiger partial charge in [-0.05, 0) is 42.7 Å². The molecule has 7 heteroatoms. The number of hydrogen-bond donors (Lipinski definition) is 1. The topological polar surface area (TPSA) is 86.7 Å². The van der Waals surface area contributed by atoms with Crippen LogP contribution in [0.15, 0.2) is 47.4 Å². The smallest absolute Gasteiger partial charge is 0.872 e. The maximum absolute atomic E-state index is 11.6. The molecule has 0 unspecified atom stereocenters. The Kier molecular flexibility index (Phi) is 11.9. The maximum Gasteiger partial charge on any atom is 1.00 e. The summed E-state index contributed by atoms with van der Waals surface area (Å²) in [5, 5.41) is 11.5. The molecular formula is C22H29NaO5S. The van der Waals surface area contributed by atoms with Gasteiger partial charge in [0, 0.05) is 0 Å². The van der Waals surface area contributed by atoms with Gasteiger partial charge in [0.15, 0.2) is 0 Å². The molecule has 5 nitrogen and oxygen atoms in total. The quantitative estimate of drug-likeness (QED) is 0.319. The summed E-state index contributed by atoms with van der Waals surface area (Å²) in [6.07, 6.45) is 10.5. The summed E-state index contributed by atoms with van der Waals surface area (Å²) in [6, 6.07) is 10.4. The molecule has 29 heavy (non-hydrogen) atoms. The van der Waals surface area contributed by atoms with Gasteiger partial charge in [-0.1, -0.05) is 70.1 Å². The van der Waals surface area contributed by atoms with Crippen molar-refractivity contribution < 1.29 is 52.4 Å². The van der Waals surface area contributed by atoms with E-state index in [-0.39, 0.29) is 51.7 Å². The fourth-order valence-corrected chi connectivity index (χ4v) is 3.72. The zero-order chi connectivity index (χ0) is 20.4. The number of ether oxygens (including phenoxy) is 1. The number of aryl methyl sites for hydroxylation is 1. The molecule has 0 radical (unpaired) electrons. The molecule has 0 amide bonds. The largest absolute Gasteiger partial charge is 1.00 e. The molecule has 2 aromatic rings. The third-order valence-electron chi connectivity index (χ3n) is 4.64. The van der Waals surface area contributed by atoms with Crippen molar-refractivity contribution in [1.82, 2.24) is 0 Å². The molecule has 0 fully saturated rings. The predicted molar refractivity (Wildman–Crippen MR) is 109 cm³/mol. The zero-order valence-corrected chi connectivity index (χ0v) is 20.2. The van der Waals surface area contributed by atoms with E-state index in [4.69, 9.17) is 4.74 Å². The van der Waals surface area contributed by atoms with Crippen LogP contribution in [0.1, 0.15) is 63.9 Å². The first kappa shape index (κ1) is 26.0. The number of unbranched alkanes of at least 4 members (excludes halogenated alkanes) is 7. The van der Waals surface area contributed by atoms with E-state index in [9.17, 15) is 18.1 Å². The number of rotatable bonds is 12. The molecule has 0 heterocycles. The number of hydrogen-bond acceptors (Lipinski definition) is 4. The van der Waals surface area contributed by atoms with Gasteiger partial charge in [0.2, 0.25) is 0 Å². The van der Waals surface area contributed by atoms with Gasteiger partial charge in [-0.25, -0.2) is 0 Å². The van der Waals surface area contributed by atoms with Crippen molar-refractivity contribution in [2.75, 3.05) is 0 Å². The van der Waals surface area contributed by atoms with E-state index in [0.717, 1.165) is 24.8 Å². The molecule has 0 saturated carbocycles. The summed E-state index contributed by atoms with van der Waals surface area (Å²) in [4.78, 5) is -0.302. The Hall–Kier alpha value is -1.05. The second kappa shape index (κ2) is 13.3. The first-order valence-corrected chi connectivity index (χ1v) is 11.4. The zero-order valence-electron chi connectivity index (χ0n) is 17.4. The minimum atomic E-state index is -4.42. The Labute approximate surface area is 196 Å². The Balaban J connectivity index is 0.00000420. The number of benzene rings is 2. The molecule has 0 aliphatic heterocycles. The van der Waals surface area contributed by atoms with Crippen LogP contribution in [0.4, 0.5) is 0 Å². The van der Waals surface area contributed by atoms with Crippen LogP contribution in [-0.2, 0) is 16.5 Å². The minimum Gasteiger partial charge on any atom is -0.872 e. The van der Waals surface area contributed by atoms with Gasteiger partial charge in [0.25, 0.3) is 10.1 Å². The Bertz CT molecular complexity index is 852. The van der Waals surface area contributed by atoms with Crippen LogP contribution in [0.5, 0.6) is 17.2 Å². The van der Waals surface area contributed by atoms with E-state index in [1.54, 1.807) is 18.2 Å². The van der Waals surface area contributed by atoms with Crippen molar-refractivity contribution in [1.29, 1.82) is 0 Å². The molecule has 0 saturated heterocycles. The van der Waals surface area contributed by atoms with Crippen LogP contribution in [0.3, 0.4) is 0 Å². The average molecular weight is 429 g/mol. The third kappa shape index (κ3) is 9.53. The van der Waals surface area contributed by atoms with E-state index >= 15 is 0 Å². The summed E-state index contributed by atoms with van der Waals surface area (Å²) < 4.78 is 38.3. The molecule has 2 rings (SSSR count). The van der Waals surface area contributed by atoms with Crippen LogP contribution in [0.2, 0.25) is 0 Å². The molecule has 0 spiro atoms. The van der Waals surface area contributed by atoms with Crippen LogP contribution >= 0.6 is 0 Å². The molecule has 1 N–H and O–H groups in total. The second-order valence-electron chi connectivity index (χ2n) is 7.06. The molecule has 0 aliphatic rings. The van der Waals surface area contributed by atoms with Crippen molar-refractivity contribution in [3.8, 4) is 17.2 Å². The van der Waals surface area contributed by atoms with Crippen molar-refractivity contribution in [2.45, 2.75) is 69.6 Å². The van der Waals surface area contributed by atoms with E-state index in [1.165, 1.54) is 62.8 Å². The van der Waals surface area contributed by atoms with Crippen LogP contribution in [-0.4, -0.2) is 13.0 Å². The standard InChI is InChI=1S/C22H30O5S.Na/c1-2-3-4-5-6-7-8-9-11-18-14-15-22(28(24,25)26)21(16-18)27-20-13-10-12-19(23)17-20;/h10,12-17,23H,2-9,11H2,1H3,(H,24,25,26);/q;+1/p-1. The fourth-order valence-electron chi connectivity index (χ4n) is 3.13. The van der Waals surface area contributed by atoms with Gasteiger partial charge < -0.3 is 9.84 Å². The van der Waals surface area contributed by atoms with Crippen LogP contribution in [0.25, 0.3) is 0 Å². The van der Waals surface area contributed by atoms with E-state index in [0.29, 0.717) is 0 Å². The van der Waals surface area contributed by atoms with Crippen LogP contribution < -0.4 is 39.4 Å². The average Bonchev–Trinajstić information content (AvgIpc) is 2.63. The molecule has 0 bridgehead atoms. The van der Waals surface area contributed by atoms with Crippen molar-refractivity contribution >= 4 is 10.1 Å². The summed E-state index contributed by atoms with van der Waals surface area (Å²) in [7, 11) is -4.42. The summed E-state index contributed by atoms with van der Waals surface area (Å²) in [5.74, 6) is 0.0350. The van der Waals surface area contributed by atoms with Gasteiger partial charge in [0.05, 0.1) is 0 Å². The third-order valence-corrected chi connectivity index (χ3v) is 5.53. The van der Waals surface area contributed by atoms with Gasteiger partial charge in [-0.15, -0.1) is 5.75 Å². The Morgan fingerprint density at radius 3 is 2.21 bits per heavy atom. The van der Waals surface area contributed by atoms with Crippen molar-refractivity contribution in [3.05, 3.63) is 48.0 Å². The first-order chi connectivity index (χ1) is 13.4. The summed E-state index contributed by atoms with van der Waals surface area (Å²) in [5.41, 5.74) is 0.937. The predicted octanol–water partition coefficient (Wildman–Crippen LogP) is 2.49. The van der Waals surface area contributed by atoms with Gasteiger partial charge in [-0.3, -0.25) is 4.55 Å². The summed E-state index contributed by atoms with van der Waals surface area (Å²) >= 11 is 0. The molecule has 154 valence electrons. The Morgan fingerprint density at radius 1 is 0.931 bits per heavy atom. The molecule has 0 aliphatic carbocycles. The van der Waals surface area contributed by atoms with Crippen molar-refractivity contribution in [3.63, 3.8) is 0 Å². The van der Waals surface area contributed by atoms with Gasteiger partial charge in [0.1, 0.15) is 16.4 Å². The minimum absolute atomic E-state index is 0. The normalized spacial score (nSPS) is 11.1. The van der Waals surface area contributed by atoms with Gasteiger partial charge >= 0.3 is 29.6 Å². The van der Waals surface area contributed by atoms with E-state index < -0.39 is 10.1 Å². The summed E-state index contributed by atoms with van der Waals surface area (Å²) in [6.45, 7) is 2.21. The fraction of sp³-hybridized carbons (Fsp3) is 0.455. The molecule has 2 aromatic carbocycles. The Morgan fingerprint density at radius 2 is 1.59 bits per heavy atom. The second-order valence-corrected chi connectivity index (χ2v) is 8.45. The first-order valence-electron chi connectivity index (χ1n) is 9.95. The van der Waals surface area contributed by atoms with Gasteiger partial charge in [-0.2, -0.15) is 8.42 Å². The SMILES string of the molecule is CCCCCCCCCCc1ccc(S(=O)(=O)O)c(Oc2cccc([O-])c2)c1.[Na+].